The van der Waals surface area contributed by atoms with Gasteiger partial charge in [-0.2, -0.15) is 0 Å². The topological polar surface area (TPSA) is 59.5 Å². The molecule has 4 rings (SSSR count). The van der Waals surface area contributed by atoms with Gasteiger partial charge in [0, 0.05) is 5.75 Å². The molecule has 1 aliphatic heterocycles. The number of imide groups is 1. The lowest BCUT2D eigenvalue weighted by Crippen LogP contribution is -2.30. The monoisotopic (exact) mass is 356 g/mol. The molecule has 0 radical (unpaired) electrons. The van der Waals surface area contributed by atoms with E-state index in [2.05, 4.69) is 4.98 Å². The Kier molecular flexibility index (Phi) is 4.05. The molecule has 7 heteroatoms. The van der Waals surface area contributed by atoms with Crippen LogP contribution in [-0.2, 0) is 4.84 Å². The quantitative estimate of drug-likeness (QED) is 0.397. The van der Waals surface area contributed by atoms with Crippen LogP contribution in [0.15, 0.2) is 52.9 Å². The number of hydrogen-bond acceptors (Lipinski definition) is 6. The number of carbonyl (C=O) groups excluding carboxylic acids is 2. The molecule has 0 saturated heterocycles. The Balaban J connectivity index is 1.35. The van der Waals surface area contributed by atoms with Crippen molar-refractivity contribution in [1.29, 1.82) is 0 Å². The van der Waals surface area contributed by atoms with E-state index in [4.69, 9.17) is 4.84 Å². The summed E-state index contributed by atoms with van der Waals surface area (Å²) in [6, 6.07) is 14.7. The summed E-state index contributed by atoms with van der Waals surface area (Å²) >= 11 is 3.17. The lowest BCUT2D eigenvalue weighted by Gasteiger charge is -2.12. The summed E-state index contributed by atoms with van der Waals surface area (Å²) in [5.74, 6) is -0.200. The highest BCUT2D eigenvalue weighted by Crippen LogP contribution is 2.29. The predicted molar refractivity (Wildman–Crippen MR) is 93.2 cm³/mol. The highest BCUT2D eigenvalue weighted by atomic mass is 32.2. The van der Waals surface area contributed by atoms with E-state index in [9.17, 15) is 9.59 Å². The number of rotatable bonds is 5. The molecule has 0 unspecified atom stereocenters. The summed E-state index contributed by atoms with van der Waals surface area (Å²) in [5, 5.41) is 0.851. The molecular formula is C17H12N2O3S2. The third-order valence-corrected chi connectivity index (χ3v) is 5.70. The first kappa shape index (κ1) is 15.3. The molecule has 0 spiro atoms. The van der Waals surface area contributed by atoms with Crippen LogP contribution in [0.3, 0.4) is 0 Å². The Bertz CT molecular complexity index is 870. The number of hydroxylamine groups is 2. The van der Waals surface area contributed by atoms with Crippen LogP contribution in [0.4, 0.5) is 0 Å². The SMILES string of the molecule is O=C1c2ccccc2C(=O)N1OCCSc1nc2ccccc2s1. The summed E-state index contributed by atoms with van der Waals surface area (Å²) in [6.45, 7) is 0.256. The van der Waals surface area contributed by atoms with Crippen LogP contribution in [0.1, 0.15) is 20.7 Å². The summed E-state index contributed by atoms with van der Waals surface area (Å²) in [4.78, 5) is 34.2. The Morgan fingerprint density at radius 3 is 2.38 bits per heavy atom. The average molecular weight is 356 g/mol. The fourth-order valence-electron chi connectivity index (χ4n) is 2.45. The van der Waals surface area contributed by atoms with Crippen LogP contribution in [0.25, 0.3) is 10.2 Å². The van der Waals surface area contributed by atoms with Crippen LogP contribution >= 0.6 is 23.1 Å². The number of benzene rings is 2. The molecule has 2 heterocycles. The lowest BCUT2D eigenvalue weighted by atomic mass is 10.1. The molecule has 0 bridgehead atoms. The molecule has 120 valence electrons. The van der Waals surface area contributed by atoms with Crippen molar-refractivity contribution in [3.8, 4) is 0 Å². The number of amides is 2. The zero-order chi connectivity index (χ0) is 16.5. The molecule has 0 saturated carbocycles. The van der Waals surface area contributed by atoms with E-state index in [1.807, 2.05) is 24.3 Å². The molecule has 0 fully saturated rings. The summed E-state index contributed by atoms with van der Waals surface area (Å²) in [5.41, 5.74) is 1.76. The number of nitrogens with zero attached hydrogens (tertiary/aromatic N) is 2. The van der Waals surface area contributed by atoms with E-state index in [0.29, 0.717) is 16.9 Å². The Morgan fingerprint density at radius 1 is 1.00 bits per heavy atom. The molecule has 1 aliphatic rings. The maximum atomic E-state index is 12.2. The normalized spacial score (nSPS) is 13.8. The Morgan fingerprint density at radius 2 is 1.67 bits per heavy atom. The number of fused-ring (bicyclic) bond motifs is 2. The predicted octanol–water partition coefficient (Wildman–Crippen LogP) is 3.62. The van der Waals surface area contributed by atoms with Gasteiger partial charge in [-0.15, -0.1) is 16.4 Å². The Hall–Kier alpha value is -2.22. The van der Waals surface area contributed by atoms with Gasteiger partial charge in [0.15, 0.2) is 4.34 Å². The van der Waals surface area contributed by atoms with Gasteiger partial charge < -0.3 is 0 Å². The summed E-state index contributed by atoms with van der Waals surface area (Å²) in [7, 11) is 0. The number of hydrogen-bond donors (Lipinski definition) is 0. The van der Waals surface area contributed by atoms with E-state index < -0.39 is 11.8 Å². The van der Waals surface area contributed by atoms with Crippen LogP contribution < -0.4 is 0 Å². The van der Waals surface area contributed by atoms with Gasteiger partial charge in [-0.05, 0) is 24.3 Å². The third kappa shape index (κ3) is 2.71. The van der Waals surface area contributed by atoms with Gasteiger partial charge in [-0.1, -0.05) is 36.0 Å². The minimum atomic E-state index is -0.402. The van der Waals surface area contributed by atoms with E-state index in [1.54, 1.807) is 47.4 Å². The molecule has 0 atom stereocenters. The van der Waals surface area contributed by atoms with Gasteiger partial charge in [0.05, 0.1) is 28.0 Å². The van der Waals surface area contributed by atoms with E-state index in [0.717, 1.165) is 19.6 Å². The molecule has 1 aromatic heterocycles. The van der Waals surface area contributed by atoms with Crippen molar-refractivity contribution >= 4 is 45.1 Å². The molecular weight excluding hydrogens is 344 g/mol. The Labute approximate surface area is 146 Å². The number of para-hydroxylation sites is 1. The second-order valence-corrected chi connectivity index (χ2v) is 7.45. The van der Waals surface area contributed by atoms with Crippen LogP contribution in [0.5, 0.6) is 0 Å². The average Bonchev–Trinajstić information content (AvgIpc) is 3.13. The van der Waals surface area contributed by atoms with E-state index >= 15 is 0 Å². The molecule has 5 nitrogen and oxygen atoms in total. The number of aromatic nitrogens is 1. The smallest absolute Gasteiger partial charge is 0.266 e. The van der Waals surface area contributed by atoms with Gasteiger partial charge in [0.1, 0.15) is 0 Å². The summed E-state index contributed by atoms with van der Waals surface area (Å²) in [6.07, 6.45) is 0. The van der Waals surface area contributed by atoms with E-state index in [1.165, 1.54) is 0 Å². The van der Waals surface area contributed by atoms with Crippen LogP contribution in [-0.4, -0.2) is 34.2 Å². The van der Waals surface area contributed by atoms with Crippen molar-refractivity contribution in [3.05, 3.63) is 59.7 Å². The van der Waals surface area contributed by atoms with Crippen LogP contribution in [0, 0.1) is 0 Å². The van der Waals surface area contributed by atoms with Crippen molar-refractivity contribution in [2.24, 2.45) is 0 Å². The largest absolute Gasteiger partial charge is 0.285 e. The zero-order valence-corrected chi connectivity index (χ0v) is 14.1. The van der Waals surface area contributed by atoms with Gasteiger partial charge in [-0.3, -0.25) is 14.4 Å². The molecule has 0 aliphatic carbocycles. The highest BCUT2D eigenvalue weighted by Gasteiger charge is 2.36. The van der Waals surface area contributed by atoms with Crippen molar-refractivity contribution in [3.63, 3.8) is 0 Å². The fourth-order valence-corrected chi connectivity index (χ4v) is 4.40. The maximum Gasteiger partial charge on any atom is 0.285 e. The molecule has 2 aromatic carbocycles. The number of thiazole rings is 1. The van der Waals surface area contributed by atoms with Gasteiger partial charge in [-0.25, -0.2) is 4.98 Å². The highest BCUT2D eigenvalue weighted by molar-refractivity contribution is 8.01. The molecule has 2 amide bonds. The van der Waals surface area contributed by atoms with Crippen LogP contribution in [0.2, 0.25) is 0 Å². The lowest BCUT2D eigenvalue weighted by molar-refractivity contribution is -0.0852. The zero-order valence-electron chi connectivity index (χ0n) is 12.5. The van der Waals surface area contributed by atoms with Crippen molar-refractivity contribution in [1.82, 2.24) is 10.0 Å². The van der Waals surface area contributed by atoms with Crippen molar-refractivity contribution < 1.29 is 14.4 Å². The standard InChI is InChI=1S/C17H12N2O3S2/c20-15-11-5-1-2-6-12(11)16(21)19(15)22-9-10-23-17-18-13-7-3-4-8-14(13)24-17/h1-8H,9-10H2. The number of thioether (sulfide) groups is 1. The van der Waals surface area contributed by atoms with Crippen molar-refractivity contribution in [2.75, 3.05) is 12.4 Å². The fraction of sp³-hybridized carbons (Fsp3) is 0.118. The summed E-state index contributed by atoms with van der Waals surface area (Å²) < 4.78 is 2.09. The number of carbonyl (C=O) groups is 2. The third-order valence-electron chi connectivity index (χ3n) is 3.56. The second kappa shape index (κ2) is 6.35. The first-order chi connectivity index (χ1) is 11.7. The van der Waals surface area contributed by atoms with Gasteiger partial charge in [0.2, 0.25) is 0 Å². The minimum absolute atomic E-state index is 0.256. The minimum Gasteiger partial charge on any atom is -0.266 e. The first-order valence-electron chi connectivity index (χ1n) is 7.33. The van der Waals surface area contributed by atoms with Crippen molar-refractivity contribution in [2.45, 2.75) is 4.34 Å². The first-order valence-corrected chi connectivity index (χ1v) is 9.13. The molecule has 24 heavy (non-hydrogen) atoms. The second-order valence-electron chi connectivity index (χ2n) is 5.08. The maximum absolute atomic E-state index is 12.2. The van der Waals surface area contributed by atoms with Gasteiger partial charge in [0.25, 0.3) is 11.8 Å². The molecule has 0 N–H and O–H groups in total. The van der Waals surface area contributed by atoms with Gasteiger partial charge >= 0.3 is 0 Å². The molecule has 3 aromatic rings. The van der Waals surface area contributed by atoms with E-state index in [-0.39, 0.29) is 6.61 Å².